The Hall–Kier alpha value is -2.30. The van der Waals surface area contributed by atoms with Crippen LogP contribution >= 0.6 is 0 Å². The number of hydrogen-bond acceptors (Lipinski definition) is 3. The molecule has 0 unspecified atom stereocenters. The number of primary amides is 1. The first-order valence-electron chi connectivity index (χ1n) is 5.72. The molecular formula is C13H16N4O. The molecule has 0 aliphatic rings. The number of benzene rings is 1. The maximum absolute atomic E-state index is 11.1. The van der Waals surface area contributed by atoms with Crippen LogP contribution in [0.5, 0.6) is 0 Å². The molecule has 0 spiro atoms. The van der Waals surface area contributed by atoms with Gasteiger partial charge >= 0.3 is 0 Å². The Morgan fingerprint density at radius 2 is 2.22 bits per heavy atom. The van der Waals surface area contributed by atoms with Crippen molar-refractivity contribution < 1.29 is 4.79 Å². The molecule has 18 heavy (non-hydrogen) atoms. The number of rotatable bonds is 4. The highest BCUT2D eigenvalue weighted by Crippen LogP contribution is 2.17. The van der Waals surface area contributed by atoms with Crippen molar-refractivity contribution in [1.29, 1.82) is 0 Å². The van der Waals surface area contributed by atoms with E-state index in [0.29, 0.717) is 12.1 Å². The molecule has 0 aliphatic heterocycles. The van der Waals surface area contributed by atoms with Crippen LogP contribution in [0.1, 0.15) is 27.3 Å². The first-order chi connectivity index (χ1) is 8.58. The highest BCUT2D eigenvalue weighted by atomic mass is 16.1. The second kappa shape index (κ2) is 4.91. The maximum atomic E-state index is 11.1. The molecule has 0 atom stereocenters. The molecule has 0 bridgehead atoms. The molecule has 1 amide bonds. The smallest absolute Gasteiger partial charge is 0.248 e. The molecule has 1 aromatic carbocycles. The molecule has 94 valence electrons. The summed E-state index contributed by atoms with van der Waals surface area (Å²) in [6, 6.07) is 7.27. The van der Waals surface area contributed by atoms with Gasteiger partial charge in [-0.25, -0.2) is 0 Å². The number of nitrogens with two attached hydrogens (primary N) is 1. The number of anilines is 1. The zero-order chi connectivity index (χ0) is 13.1. The fourth-order valence-corrected chi connectivity index (χ4v) is 1.84. The number of nitrogens with zero attached hydrogens (tertiary/aromatic N) is 1. The van der Waals surface area contributed by atoms with Crippen LogP contribution in [0.3, 0.4) is 0 Å². The Morgan fingerprint density at radius 3 is 2.83 bits per heavy atom. The number of aromatic amines is 1. The lowest BCUT2D eigenvalue weighted by Crippen LogP contribution is -2.11. The SMILES string of the molecule is Cc1n[nH]c(C)c1NCc1cccc(C(N)=O)c1. The number of carbonyl (C=O) groups is 1. The fourth-order valence-electron chi connectivity index (χ4n) is 1.84. The summed E-state index contributed by atoms with van der Waals surface area (Å²) < 4.78 is 0. The molecule has 5 heteroatoms. The molecule has 0 fully saturated rings. The van der Waals surface area contributed by atoms with Crippen LogP contribution in [0.15, 0.2) is 24.3 Å². The van der Waals surface area contributed by atoms with Gasteiger partial charge in [0.1, 0.15) is 0 Å². The molecule has 2 rings (SSSR count). The van der Waals surface area contributed by atoms with E-state index in [0.717, 1.165) is 22.6 Å². The van der Waals surface area contributed by atoms with Crippen molar-refractivity contribution >= 4 is 11.6 Å². The summed E-state index contributed by atoms with van der Waals surface area (Å²) in [4.78, 5) is 11.1. The fraction of sp³-hybridized carbons (Fsp3) is 0.231. The van der Waals surface area contributed by atoms with E-state index in [2.05, 4.69) is 15.5 Å². The Bertz CT molecular complexity index is 555. The third-order valence-electron chi connectivity index (χ3n) is 2.81. The quantitative estimate of drug-likeness (QED) is 0.766. The van der Waals surface area contributed by atoms with Gasteiger partial charge in [-0.1, -0.05) is 12.1 Å². The van der Waals surface area contributed by atoms with Crippen molar-refractivity contribution in [1.82, 2.24) is 10.2 Å². The monoisotopic (exact) mass is 244 g/mol. The van der Waals surface area contributed by atoms with Gasteiger partial charge in [-0.2, -0.15) is 5.10 Å². The molecule has 4 N–H and O–H groups in total. The molecule has 0 aliphatic carbocycles. The van der Waals surface area contributed by atoms with E-state index in [-0.39, 0.29) is 0 Å². The van der Waals surface area contributed by atoms with E-state index in [4.69, 9.17) is 5.73 Å². The number of H-pyrrole nitrogens is 1. The lowest BCUT2D eigenvalue weighted by Gasteiger charge is -2.07. The number of aryl methyl sites for hydroxylation is 2. The predicted molar refractivity (Wildman–Crippen MR) is 70.3 cm³/mol. The van der Waals surface area contributed by atoms with Gasteiger partial charge in [0.05, 0.1) is 17.1 Å². The van der Waals surface area contributed by atoms with Crippen LogP contribution < -0.4 is 11.1 Å². The zero-order valence-corrected chi connectivity index (χ0v) is 10.4. The number of aromatic nitrogens is 2. The van der Waals surface area contributed by atoms with Gasteiger partial charge in [0, 0.05) is 12.1 Å². The van der Waals surface area contributed by atoms with Crippen LogP contribution in [0.25, 0.3) is 0 Å². The minimum absolute atomic E-state index is 0.410. The van der Waals surface area contributed by atoms with Gasteiger partial charge in [0.2, 0.25) is 5.91 Å². The molecule has 1 heterocycles. The Labute approximate surface area is 105 Å². The first-order valence-corrected chi connectivity index (χ1v) is 5.72. The van der Waals surface area contributed by atoms with Crippen LogP contribution in [0.2, 0.25) is 0 Å². The van der Waals surface area contributed by atoms with Crippen molar-refractivity contribution in [2.75, 3.05) is 5.32 Å². The average Bonchev–Trinajstić information content (AvgIpc) is 2.67. The molecule has 1 aromatic heterocycles. The van der Waals surface area contributed by atoms with Crippen LogP contribution in [-0.4, -0.2) is 16.1 Å². The first kappa shape index (κ1) is 12.2. The Balaban J connectivity index is 2.11. The topological polar surface area (TPSA) is 83.8 Å². The second-order valence-electron chi connectivity index (χ2n) is 4.23. The molecule has 0 radical (unpaired) electrons. The molecule has 0 saturated heterocycles. The normalized spacial score (nSPS) is 10.3. The van der Waals surface area contributed by atoms with Crippen LogP contribution in [-0.2, 0) is 6.54 Å². The standard InChI is InChI=1S/C13H16N4O/c1-8-12(9(2)17-16-8)15-7-10-4-3-5-11(6-10)13(14)18/h3-6,15H,7H2,1-2H3,(H2,14,18)(H,16,17). The van der Waals surface area contributed by atoms with E-state index < -0.39 is 5.91 Å². The summed E-state index contributed by atoms with van der Waals surface area (Å²) in [6.07, 6.45) is 0. The van der Waals surface area contributed by atoms with E-state index in [1.807, 2.05) is 26.0 Å². The minimum atomic E-state index is -0.410. The van der Waals surface area contributed by atoms with E-state index in [9.17, 15) is 4.79 Å². The van der Waals surface area contributed by atoms with Gasteiger partial charge < -0.3 is 11.1 Å². The second-order valence-corrected chi connectivity index (χ2v) is 4.23. The minimum Gasteiger partial charge on any atom is -0.378 e. The van der Waals surface area contributed by atoms with Gasteiger partial charge in [-0.3, -0.25) is 9.89 Å². The van der Waals surface area contributed by atoms with Crippen molar-refractivity contribution in [2.45, 2.75) is 20.4 Å². The Morgan fingerprint density at radius 1 is 1.44 bits per heavy atom. The third kappa shape index (κ3) is 2.51. The number of amides is 1. The Kier molecular flexibility index (Phi) is 3.32. The highest BCUT2D eigenvalue weighted by molar-refractivity contribution is 5.92. The molecule has 5 nitrogen and oxygen atoms in total. The highest BCUT2D eigenvalue weighted by Gasteiger charge is 2.06. The van der Waals surface area contributed by atoms with E-state index in [1.54, 1.807) is 12.1 Å². The van der Waals surface area contributed by atoms with Crippen molar-refractivity contribution in [3.05, 3.63) is 46.8 Å². The number of hydrogen-bond donors (Lipinski definition) is 3. The summed E-state index contributed by atoms with van der Waals surface area (Å²) in [5, 5.41) is 10.3. The van der Waals surface area contributed by atoms with Gasteiger partial charge in [0.25, 0.3) is 0 Å². The number of nitrogens with one attached hydrogen (secondary N) is 2. The summed E-state index contributed by atoms with van der Waals surface area (Å²) in [7, 11) is 0. The summed E-state index contributed by atoms with van der Waals surface area (Å²) >= 11 is 0. The predicted octanol–water partition coefficient (Wildman–Crippen LogP) is 1.74. The van der Waals surface area contributed by atoms with Crippen LogP contribution in [0.4, 0.5) is 5.69 Å². The maximum Gasteiger partial charge on any atom is 0.248 e. The molecule has 2 aromatic rings. The lowest BCUT2D eigenvalue weighted by atomic mass is 10.1. The van der Waals surface area contributed by atoms with Crippen LogP contribution in [0, 0.1) is 13.8 Å². The number of carbonyl (C=O) groups excluding carboxylic acids is 1. The average molecular weight is 244 g/mol. The van der Waals surface area contributed by atoms with Crippen molar-refractivity contribution in [3.63, 3.8) is 0 Å². The third-order valence-corrected chi connectivity index (χ3v) is 2.81. The van der Waals surface area contributed by atoms with Crippen molar-refractivity contribution in [3.8, 4) is 0 Å². The van der Waals surface area contributed by atoms with E-state index >= 15 is 0 Å². The lowest BCUT2D eigenvalue weighted by molar-refractivity contribution is 0.1000. The zero-order valence-electron chi connectivity index (χ0n) is 10.4. The van der Waals surface area contributed by atoms with E-state index in [1.165, 1.54) is 0 Å². The van der Waals surface area contributed by atoms with Gasteiger partial charge in [-0.15, -0.1) is 0 Å². The summed E-state index contributed by atoms with van der Waals surface area (Å²) in [5.41, 5.74) is 9.70. The van der Waals surface area contributed by atoms with Gasteiger partial charge in [-0.05, 0) is 31.5 Å². The molecule has 0 saturated carbocycles. The summed E-state index contributed by atoms with van der Waals surface area (Å²) in [6.45, 7) is 4.52. The van der Waals surface area contributed by atoms with Crippen molar-refractivity contribution in [2.24, 2.45) is 5.73 Å². The summed E-state index contributed by atoms with van der Waals surface area (Å²) in [5.74, 6) is -0.410. The largest absolute Gasteiger partial charge is 0.378 e. The molecular weight excluding hydrogens is 228 g/mol. The van der Waals surface area contributed by atoms with Gasteiger partial charge in [0.15, 0.2) is 0 Å².